The summed E-state index contributed by atoms with van der Waals surface area (Å²) in [5.41, 5.74) is 1.56. The number of benzene rings is 1. The number of hydrogen-bond acceptors (Lipinski definition) is 3. The second-order valence-electron chi connectivity index (χ2n) is 6.36. The lowest BCUT2D eigenvalue weighted by Gasteiger charge is -2.21. The summed E-state index contributed by atoms with van der Waals surface area (Å²) in [5, 5.41) is 0. The van der Waals surface area contributed by atoms with Crippen LogP contribution in [0.25, 0.3) is 0 Å². The number of rotatable bonds is 6. The Morgan fingerprint density at radius 1 is 1.38 bits per heavy atom. The van der Waals surface area contributed by atoms with Crippen LogP contribution in [0.4, 0.5) is 0 Å². The first-order valence-electron chi connectivity index (χ1n) is 8.11. The number of epoxide rings is 1. The molecule has 114 valence electrons. The van der Waals surface area contributed by atoms with E-state index in [9.17, 15) is 4.79 Å². The van der Waals surface area contributed by atoms with E-state index in [1.54, 1.807) is 0 Å². The minimum absolute atomic E-state index is 0.0626. The second-order valence-corrected chi connectivity index (χ2v) is 6.36. The van der Waals surface area contributed by atoms with Gasteiger partial charge in [-0.25, -0.2) is 4.79 Å². The normalized spacial score (nSPS) is 30.0. The summed E-state index contributed by atoms with van der Waals surface area (Å²) in [5.74, 6) is -0.213. The Morgan fingerprint density at radius 2 is 2.24 bits per heavy atom. The summed E-state index contributed by atoms with van der Waals surface area (Å²) in [4.78, 5) is 12.3. The van der Waals surface area contributed by atoms with Crippen molar-refractivity contribution >= 4 is 5.97 Å². The van der Waals surface area contributed by atoms with Crippen molar-refractivity contribution in [1.82, 2.24) is 0 Å². The lowest BCUT2D eigenvalue weighted by molar-refractivity contribution is 0.0000318. The molecule has 1 aliphatic heterocycles. The van der Waals surface area contributed by atoms with Gasteiger partial charge in [0.25, 0.3) is 0 Å². The van der Waals surface area contributed by atoms with Gasteiger partial charge in [0, 0.05) is 0 Å². The average molecular weight is 288 g/mol. The van der Waals surface area contributed by atoms with Crippen LogP contribution >= 0.6 is 0 Å². The topological polar surface area (TPSA) is 38.8 Å². The van der Waals surface area contributed by atoms with Crippen LogP contribution in [0.5, 0.6) is 0 Å². The van der Waals surface area contributed by atoms with Crippen molar-refractivity contribution in [2.75, 3.05) is 0 Å². The van der Waals surface area contributed by atoms with Crippen molar-refractivity contribution < 1.29 is 14.3 Å². The molecule has 1 aromatic carbocycles. The Hall–Kier alpha value is -1.35. The van der Waals surface area contributed by atoms with Crippen molar-refractivity contribution in [3.05, 3.63) is 35.4 Å². The van der Waals surface area contributed by atoms with E-state index in [0.717, 1.165) is 31.2 Å². The average Bonchev–Trinajstić information content (AvgIpc) is 3.09. The standard InChI is InChI=1S/C18H24O3/c1-3-4-5-11-18-15(9-10-16(18)21-18)20-17(19)14-8-6-7-13(2)12-14/h6-8,12,15-16H,3-5,9-11H2,1-2H3. The van der Waals surface area contributed by atoms with Crippen molar-refractivity contribution in [1.29, 1.82) is 0 Å². The predicted molar refractivity (Wildman–Crippen MR) is 81.4 cm³/mol. The summed E-state index contributed by atoms with van der Waals surface area (Å²) in [7, 11) is 0. The Labute approximate surface area is 126 Å². The predicted octanol–water partition coefficient (Wildman–Crippen LogP) is 4.03. The van der Waals surface area contributed by atoms with Crippen molar-refractivity contribution in [2.24, 2.45) is 0 Å². The highest BCUT2D eigenvalue weighted by atomic mass is 16.7. The van der Waals surface area contributed by atoms with E-state index in [0.29, 0.717) is 11.7 Å². The van der Waals surface area contributed by atoms with Crippen LogP contribution in [0.2, 0.25) is 0 Å². The molecule has 3 unspecified atom stereocenters. The van der Waals surface area contributed by atoms with Gasteiger partial charge in [0.05, 0.1) is 11.7 Å². The van der Waals surface area contributed by atoms with Gasteiger partial charge in [-0.2, -0.15) is 0 Å². The molecular formula is C18H24O3. The molecule has 3 rings (SSSR count). The van der Waals surface area contributed by atoms with Crippen LogP contribution in [0.1, 0.15) is 61.4 Å². The van der Waals surface area contributed by atoms with Gasteiger partial charge in [0.1, 0.15) is 11.7 Å². The van der Waals surface area contributed by atoms with Crippen LogP contribution in [0.3, 0.4) is 0 Å². The molecule has 3 heteroatoms. The first-order chi connectivity index (χ1) is 10.2. The first kappa shape index (κ1) is 14.6. The highest BCUT2D eigenvalue weighted by Gasteiger charge is 2.66. The molecule has 0 bridgehead atoms. The molecule has 21 heavy (non-hydrogen) atoms. The Kier molecular flexibility index (Phi) is 4.03. The highest BCUT2D eigenvalue weighted by molar-refractivity contribution is 5.89. The maximum atomic E-state index is 12.3. The van der Waals surface area contributed by atoms with Gasteiger partial charge in [0.15, 0.2) is 0 Å². The molecule has 0 aromatic heterocycles. The molecule has 1 saturated heterocycles. The molecular weight excluding hydrogens is 264 g/mol. The van der Waals surface area contributed by atoms with Gasteiger partial charge < -0.3 is 9.47 Å². The molecule has 0 amide bonds. The monoisotopic (exact) mass is 288 g/mol. The van der Waals surface area contributed by atoms with E-state index in [-0.39, 0.29) is 17.7 Å². The van der Waals surface area contributed by atoms with E-state index in [2.05, 4.69) is 6.92 Å². The first-order valence-corrected chi connectivity index (χ1v) is 8.11. The van der Waals surface area contributed by atoms with E-state index < -0.39 is 0 Å². The summed E-state index contributed by atoms with van der Waals surface area (Å²) < 4.78 is 11.7. The van der Waals surface area contributed by atoms with Crippen molar-refractivity contribution in [2.45, 2.75) is 70.2 Å². The third-order valence-electron chi connectivity index (χ3n) is 4.76. The van der Waals surface area contributed by atoms with Gasteiger partial charge in [0.2, 0.25) is 0 Å². The maximum absolute atomic E-state index is 12.3. The van der Waals surface area contributed by atoms with E-state index in [1.165, 1.54) is 12.8 Å². The zero-order valence-corrected chi connectivity index (χ0v) is 12.9. The van der Waals surface area contributed by atoms with Crippen LogP contribution in [-0.4, -0.2) is 23.8 Å². The number of hydrogen-bond donors (Lipinski definition) is 0. The van der Waals surface area contributed by atoms with Gasteiger partial charge >= 0.3 is 5.97 Å². The maximum Gasteiger partial charge on any atom is 0.338 e. The summed E-state index contributed by atoms with van der Waals surface area (Å²) in [6.07, 6.45) is 6.83. The van der Waals surface area contributed by atoms with Crippen molar-refractivity contribution in [3.63, 3.8) is 0 Å². The molecule has 1 saturated carbocycles. The van der Waals surface area contributed by atoms with E-state index in [4.69, 9.17) is 9.47 Å². The quantitative estimate of drug-likeness (QED) is 0.450. The number of aryl methyl sites for hydroxylation is 1. The molecule has 0 radical (unpaired) electrons. The van der Waals surface area contributed by atoms with E-state index in [1.807, 2.05) is 31.2 Å². The van der Waals surface area contributed by atoms with Gasteiger partial charge in [-0.1, -0.05) is 43.9 Å². The zero-order chi connectivity index (χ0) is 14.9. The van der Waals surface area contributed by atoms with Crippen molar-refractivity contribution in [3.8, 4) is 0 Å². The minimum Gasteiger partial charge on any atom is -0.456 e. The Balaban J connectivity index is 1.63. The van der Waals surface area contributed by atoms with Crippen LogP contribution < -0.4 is 0 Å². The van der Waals surface area contributed by atoms with Crippen LogP contribution in [0, 0.1) is 6.92 Å². The number of carbonyl (C=O) groups excluding carboxylic acids is 1. The molecule has 2 fully saturated rings. The minimum atomic E-state index is -0.213. The largest absolute Gasteiger partial charge is 0.456 e. The lowest BCUT2D eigenvalue weighted by Crippen LogP contribution is -2.32. The summed E-state index contributed by atoms with van der Waals surface area (Å²) >= 11 is 0. The number of carbonyl (C=O) groups is 1. The van der Waals surface area contributed by atoms with Gasteiger partial charge in [-0.3, -0.25) is 0 Å². The molecule has 0 N–H and O–H groups in total. The Morgan fingerprint density at radius 3 is 2.95 bits per heavy atom. The smallest absolute Gasteiger partial charge is 0.338 e. The number of ether oxygens (including phenoxy) is 2. The molecule has 0 spiro atoms. The Bertz CT molecular complexity index is 525. The fourth-order valence-corrected chi connectivity index (χ4v) is 3.52. The van der Waals surface area contributed by atoms with Crippen LogP contribution in [0.15, 0.2) is 24.3 Å². The third kappa shape index (κ3) is 2.84. The zero-order valence-electron chi connectivity index (χ0n) is 12.9. The third-order valence-corrected chi connectivity index (χ3v) is 4.76. The lowest BCUT2D eigenvalue weighted by atomic mass is 9.96. The van der Waals surface area contributed by atoms with Gasteiger partial charge in [-0.15, -0.1) is 0 Å². The fourth-order valence-electron chi connectivity index (χ4n) is 3.52. The molecule has 1 aliphatic carbocycles. The summed E-state index contributed by atoms with van der Waals surface area (Å²) in [6.45, 7) is 4.19. The molecule has 3 nitrogen and oxygen atoms in total. The second kappa shape index (κ2) is 5.80. The van der Waals surface area contributed by atoms with E-state index >= 15 is 0 Å². The van der Waals surface area contributed by atoms with Gasteiger partial charge in [-0.05, 0) is 38.3 Å². The molecule has 1 heterocycles. The number of unbranched alkanes of at least 4 members (excludes halogenated alkanes) is 2. The SMILES string of the molecule is CCCCCC12OC1CCC2OC(=O)c1cccc(C)c1. The number of esters is 1. The number of fused-ring (bicyclic) bond motifs is 1. The molecule has 2 aliphatic rings. The molecule has 1 aromatic rings. The molecule has 3 atom stereocenters. The summed E-state index contributed by atoms with van der Waals surface area (Å²) in [6, 6.07) is 7.58. The fraction of sp³-hybridized carbons (Fsp3) is 0.611. The van der Waals surface area contributed by atoms with Crippen LogP contribution in [-0.2, 0) is 9.47 Å². The highest BCUT2D eigenvalue weighted by Crippen LogP contribution is 2.54.